The van der Waals surface area contributed by atoms with Crippen LogP contribution in [-0.2, 0) is 4.79 Å². The molecule has 0 bridgehead atoms. The highest BCUT2D eigenvalue weighted by Gasteiger charge is 2.14. The Balaban J connectivity index is 1.24. The van der Waals surface area contributed by atoms with Crippen LogP contribution in [0.2, 0.25) is 0 Å². The van der Waals surface area contributed by atoms with Gasteiger partial charge in [0, 0.05) is 10.8 Å². The Kier molecular flexibility index (Phi) is 5.63. The van der Waals surface area contributed by atoms with E-state index in [0.717, 1.165) is 48.5 Å². The van der Waals surface area contributed by atoms with Crippen molar-refractivity contribution in [1.82, 2.24) is 20.2 Å². The molecule has 2 aromatic heterocycles. The lowest BCUT2D eigenvalue weighted by Gasteiger charge is -2.09. The van der Waals surface area contributed by atoms with Crippen LogP contribution in [0.4, 0.5) is 5.13 Å². The van der Waals surface area contributed by atoms with E-state index in [9.17, 15) is 4.79 Å². The number of nitrogens with one attached hydrogen (secondary N) is 1. The van der Waals surface area contributed by atoms with Gasteiger partial charge in [0.2, 0.25) is 11.1 Å². The molecule has 0 aliphatic rings. The minimum absolute atomic E-state index is 0.152. The average Bonchev–Trinajstić information content (AvgIpc) is 3.29. The van der Waals surface area contributed by atoms with Crippen LogP contribution in [0.3, 0.4) is 0 Å². The number of carbonyl (C=O) groups excluding carboxylic acids is 1. The summed E-state index contributed by atoms with van der Waals surface area (Å²) < 4.78 is 6.50. The average molecular weight is 498 g/mol. The topological polar surface area (TPSA) is 89.9 Å². The van der Waals surface area contributed by atoms with E-state index < -0.39 is 0 Å². The summed E-state index contributed by atoms with van der Waals surface area (Å²) >= 11 is 2.67. The number of ether oxygens (including phenoxy) is 1. The maximum absolute atomic E-state index is 12.6. The maximum atomic E-state index is 12.6. The number of aromatic nitrogens is 4. The van der Waals surface area contributed by atoms with Gasteiger partial charge in [0.15, 0.2) is 5.13 Å². The Labute approximate surface area is 208 Å². The number of carbonyl (C=O) groups is 1. The van der Waals surface area contributed by atoms with Crippen LogP contribution in [0.25, 0.3) is 42.8 Å². The van der Waals surface area contributed by atoms with Crippen molar-refractivity contribution in [2.24, 2.45) is 0 Å². The fourth-order valence-electron chi connectivity index (χ4n) is 4.09. The van der Waals surface area contributed by atoms with Crippen LogP contribution >= 0.6 is 23.1 Å². The molecule has 0 aliphatic carbocycles. The minimum Gasteiger partial charge on any atom is -0.494 e. The first-order valence-electron chi connectivity index (χ1n) is 11.1. The minimum atomic E-state index is -0.175. The Morgan fingerprint density at radius 3 is 2.37 bits per heavy atom. The van der Waals surface area contributed by atoms with E-state index >= 15 is 0 Å². The van der Waals surface area contributed by atoms with Gasteiger partial charge in [0.1, 0.15) is 16.8 Å². The molecule has 1 N–H and O–H groups in total. The molecule has 4 aromatic carbocycles. The largest absolute Gasteiger partial charge is 0.494 e. The van der Waals surface area contributed by atoms with E-state index in [-0.39, 0.29) is 11.7 Å². The lowest BCUT2D eigenvalue weighted by molar-refractivity contribution is -0.113. The molecule has 172 valence electrons. The van der Waals surface area contributed by atoms with Gasteiger partial charge in [-0.3, -0.25) is 4.79 Å². The summed E-state index contributed by atoms with van der Waals surface area (Å²) in [4.78, 5) is 21.9. The zero-order chi connectivity index (χ0) is 23.8. The number of fused-ring (bicyclic) bond motifs is 7. The van der Waals surface area contributed by atoms with Crippen LogP contribution in [0, 0.1) is 0 Å². The van der Waals surface area contributed by atoms with Crippen molar-refractivity contribution in [3.8, 4) is 5.75 Å². The number of anilines is 1. The molecule has 2 heterocycles. The van der Waals surface area contributed by atoms with Crippen LogP contribution in [0.1, 0.15) is 6.92 Å². The zero-order valence-electron chi connectivity index (χ0n) is 18.7. The van der Waals surface area contributed by atoms with E-state index in [0.29, 0.717) is 16.9 Å². The molecule has 0 spiro atoms. The lowest BCUT2D eigenvalue weighted by atomic mass is 10.00. The Morgan fingerprint density at radius 1 is 0.914 bits per heavy atom. The van der Waals surface area contributed by atoms with Crippen LogP contribution in [-0.4, -0.2) is 38.4 Å². The second-order valence-corrected chi connectivity index (χ2v) is 9.77. The van der Waals surface area contributed by atoms with Gasteiger partial charge in [0.25, 0.3) is 0 Å². The molecule has 1 amide bonds. The standard InChI is InChI=1S/C26H19N5O2S2/c1-2-33-15-11-12-20-21(13-15)35-25(27-20)28-22(32)14-34-26-29-23-18-9-5-3-7-16(18)17-8-4-6-10-19(17)24(23)30-31-26/h3-13H,2,14H2,1H3,(H,27,28,32). The predicted molar refractivity (Wildman–Crippen MR) is 142 cm³/mol. The number of hydrogen-bond donors (Lipinski definition) is 1. The van der Waals surface area contributed by atoms with E-state index in [2.05, 4.69) is 32.6 Å². The van der Waals surface area contributed by atoms with E-state index in [1.54, 1.807) is 0 Å². The molecule has 0 aliphatic heterocycles. The second-order valence-electron chi connectivity index (χ2n) is 7.80. The normalized spacial score (nSPS) is 11.5. The number of nitrogens with zero attached hydrogens (tertiary/aromatic N) is 4. The fraction of sp³-hybridized carbons (Fsp3) is 0.115. The van der Waals surface area contributed by atoms with Gasteiger partial charge in [-0.2, -0.15) is 0 Å². The van der Waals surface area contributed by atoms with Crippen molar-refractivity contribution in [2.45, 2.75) is 12.1 Å². The van der Waals surface area contributed by atoms with Gasteiger partial charge in [-0.25, -0.2) is 9.97 Å². The van der Waals surface area contributed by atoms with E-state index in [4.69, 9.17) is 9.72 Å². The van der Waals surface area contributed by atoms with Gasteiger partial charge in [0.05, 0.1) is 22.6 Å². The molecule has 0 atom stereocenters. The van der Waals surface area contributed by atoms with Crippen molar-refractivity contribution in [3.63, 3.8) is 0 Å². The highest BCUT2D eigenvalue weighted by molar-refractivity contribution is 7.99. The Hall–Kier alpha value is -3.82. The molecule has 0 unspecified atom stereocenters. The summed E-state index contributed by atoms with van der Waals surface area (Å²) in [6.45, 7) is 2.54. The summed E-state index contributed by atoms with van der Waals surface area (Å²) in [5.41, 5.74) is 2.37. The molecule has 6 aromatic rings. The molecule has 6 rings (SSSR count). The molecule has 0 fully saturated rings. The summed E-state index contributed by atoms with van der Waals surface area (Å²) in [5, 5.41) is 16.9. The van der Waals surface area contributed by atoms with Gasteiger partial charge in [-0.1, -0.05) is 71.6 Å². The summed E-state index contributed by atoms with van der Waals surface area (Å²) in [6.07, 6.45) is 0. The number of rotatable bonds is 6. The third-order valence-corrected chi connectivity index (χ3v) is 7.34. The molecule has 0 saturated carbocycles. The summed E-state index contributed by atoms with van der Waals surface area (Å²) in [5.74, 6) is 0.767. The first-order valence-corrected chi connectivity index (χ1v) is 12.9. The van der Waals surface area contributed by atoms with Crippen molar-refractivity contribution in [3.05, 3.63) is 66.7 Å². The maximum Gasteiger partial charge on any atom is 0.236 e. The fourth-order valence-corrected chi connectivity index (χ4v) is 5.59. The monoisotopic (exact) mass is 497 g/mol. The highest BCUT2D eigenvalue weighted by Crippen LogP contribution is 2.33. The smallest absolute Gasteiger partial charge is 0.236 e. The van der Waals surface area contributed by atoms with Gasteiger partial charge in [-0.05, 0) is 35.9 Å². The van der Waals surface area contributed by atoms with E-state index in [1.807, 2.05) is 61.5 Å². The zero-order valence-corrected chi connectivity index (χ0v) is 20.3. The Morgan fingerprint density at radius 2 is 1.63 bits per heavy atom. The van der Waals surface area contributed by atoms with Gasteiger partial charge in [-0.15, -0.1) is 10.2 Å². The third kappa shape index (κ3) is 4.13. The molecule has 9 heteroatoms. The number of benzene rings is 4. The van der Waals surface area contributed by atoms with Crippen molar-refractivity contribution in [2.75, 3.05) is 17.7 Å². The lowest BCUT2D eigenvalue weighted by Crippen LogP contribution is -2.14. The number of thioether (sulfide) groups is 1. The molecular weight excluding hydrogens is 478 g/mol. The van der Waals surface area contributed by atoms with Gasteiger partial charge >= 0.3 is 0 Å². The SMILES string of the molecule is CCOc1ccc2nc(NC(=O)CSc3nnc4c5ccccc5c5ccccc5c4n3)sc2c1. The summed E-state index contributed by atoms with van der Waals surface area (Å²) in [7, 11) is 0. The number of hydrogen-bond acceptors (Lipinski definition) is 8. The van der Waals surface area contributed by atoms with E-state index in [1.165, 1.54) is 23.1 Å². The highest BCUT2D eigenvalue weighted by atomic mass is 32.2. The molecule has 35 heavy (non-hydrogen) atoms. The number of thiazole rings is 1. The third-order valence-electron chi connectivity index (χ3n) is 5.57. The molecular formula is C26H19N5O2S2. The van der Waals surface area contributed by atoms with Crippen molar-refractivity contribution >= 4 is 76.9 Å². The molecule has 0 radical (unpaired) electrons. The number of amides is 1. The quantitative estimate of drug-likeness (QED) is 0.221. The van der Waals surface area contributed by atoms with Crippen LogP contribution in [0.15, 0.2) is 71.9 Å². The molecule has 7 nitrogen and oxygen atoms in total. The molecule has 0 saturated heterocycles. The van der Waals surface area contributed by atoms with Crippen LogP contribution in [0.5, 0.6) is 5.75 Å². The first-order chi connectivity index (χ1) is 17.2. The van der Waals surface area contributed by atoms with Crippen LogP contribution < -0.4 is 10.1 Å². The van der Waals surface area contributed by atoms with Gasteiger partial charge < -0.3 is 10.1 Å². The van der Waals surface area contributed by atoms with Crippen molar-refractivity contribution < 1.29 is 9.53 Å². The Bertz CT molecular complexity index is 1700. The summed E-state index contributed by atoms with van der Waals surface area (Å²) in [6, 6.07) is 22.0. The van der Waals surface area contributed by atoms with Crippen molar-refractivity contribution in [1.29, 1.82) is 0 Å². The second kappa shape index (κ2) is 9.09. The predicted octanol–water partition coefficient (Wildman–Crippen LogP) is 6.07. The first kappa shape index (κ1) is 21.7.